The smallest absolute Gasteiger partial charge is 0.387 e. The molecule has 1 atom stereocenters. The zero-order valence-corrected chi connectivity index (χ0v) is 12.5. The molecular weight excluding hydrogens is 313 g/mol. The largest absolute Gasteiger partial charge is 0.434 e. The zero-order valence-electron chi connectivity index (χ0n) is 12.5. The van der Waals surface area contributed by atoms with Crippen LogP contribution in [-0.2, 0) is 9.53 Å². The number of rotatable bonds is 3. The van der Waals surface area contributed by atoms with Crippen LogP contribution in [0.25, 0.3) is 0 Å². The van der Waals surface area contributed by atoms with Crippen molar-refractivity contribution < 1.29 is 27.4 Å². The van der Waals surface area contributed by atoms with Crippen LogP contribution in [0.3, 0.4) is 0 Å². The van der Waals surface area contributed by atoms with E-state index in [9.17, 15) is 18.0 Å². The lowest BCUT2D eigenvalue weighted by Gasteiger charge is -2.31. The molecule has 2 fully saturated rings. The second-order valence-electron chi connectivity index (χ2n) is 5.72. The van der Waals surface area contributed by atoms with E-state index in [0.717, 1.165) is 18.2 Å². The Kier molecular flexibility index (Phi) is 4.20. The number of hydrogen-bond donors (Lipinski definition) is 1. The highest BCUT2D eigenvalue weighted by Gasteiger charge is 2.51. The lowest BCUT2D eigenvalue weighted by atomic mass is 9.90. The first-order valence-corrected chi connectivity index (χ1v) is 7.30. The van der Waals surface area contributed by atoms with Crippen LogP contribution in [0.5, 0.6) is 5.75 Å². The number of carbonyl (C=O) groups excluding carboxylic acids is 1. The van der Waals surface area contributed by atoms with Gasteiger partial charge in [-0.25, -0.2) is 4.39 Å². The summed E-state index contributed by atoms with van der Waals surface area (Å²) < 4.78 is 48.5. The van der Waals surface area contributed by atoms with Gasteiger partial charge in [0.15, 0.2) is 0 Å². The van der Waals surface area contributed by atoms with Crippen molar-refractivity contribution in [3.8, 4) is 5.75 Å². The molecular formula is C15H17F3N2O3. The third-order valence-corrected chi connectivity index (χ3v) is 4.36. The lowest BCUT2D eigenvalue weighted by Crippen LogP contribution is -2.50. The van der Waals surface area contributed by atoms with Crippen LogP contribution < -0.4 is 10.1 Å². The minimum atomic E-state index is -3.03. The van der Waals surface area contributed by atoms with Crippen LogP contribution in [0.4, 0.5) is 13.2 Å². The molecule has 5 nitrogen and oxygen atoms in total. The Labute approximate surface area is 131 Å². The maximum absolute atomic E-state index is 13.6. The second kappa shape index (κ2) is 6.01. The molecule has 0 aromatic heterocycles. The molecule has 23 heavy (non-hydrogen) atoms. The highest BCUT2D eigenvalue weighted by molar-refractivity contribution is 5.89. The van der Waals surface area contributed by atoms with Gasteiger partial charge in [0.2, 0.25) is 5.91 Å². The van der Waals surface area contributed by atoms with Gasteiger partial charge >= 0.3 is 6.61 Å². The summed E-state index contributed by atoms with van der Waals surface area (Å²) in [5, 5.41) is 3.17. The molecule has 2 saturated heterocycles. The summed E-state index contributed by atoms with van der Waals surface area (Å²) >= 11 is 0. The van der Waals surface area contributed by atoms with Crippen LogP contribution in [0.1, 0.15) is 24.6 Å². The fourth-order valence-corrected chi connectivity index (χ4v) is 3.18. The Bertz CT molecular complexity index is 606. The van der Waals surface area contributed by atoms with Gasteiger partial charge in [-0.15, -0.1) is 0 Å². The van der Waals surface area contributed by atoms with Gasteiger partial charge in [-0.2, -0.15) is 8.78 Å². The van der Waals surface area contributed by atoms with Crippen molar-refractivity contribution in [1.82, 2.24) is 10.2 Å². The van der Waals surface area contributed by atoms with E-state index in [2.05, 4.69) is 10.1 Å². The summed E-state index contributed by atoms with van der Waals surface area (Å²) in [6.07, 6.45) is 0.227. The van der Waals surface area contributed by atoms with Crippen LogP contribution >= 0.6 is 0 Å². The normalized spacial score (nSPS) is 23.8. The fraction of sp³-hybridized carbons (Fsp3) is 0.533. The van der Waals surface area contributed by atoms with Crippen molar-refractivity contribution in [1.29, 1.82) is 0 Å². The Morgan fingerprint density at radius 3 is 2.74 bits per heavy atom. The minimum absolute atomic E-state index is 0.150. The van der Waals surface area contributed by atoms with Crippen LogP contribution in [0.15, 0.2) is 18.2 Å². The van der Waals surface area contributed by atoms with Crippen molar-refractivity contribution in [3.05, 3.63) is 29.6 Å². The SMILES string of the molecule is CN1C(=O)C2(CCOCC2)NC1c1cc(F)ccc1OC(F)F. The Balaban J connectivity index is 1.95. The topological polar surface area (TPSA) is 50.8 Å². The van der Waals surface area contributed by atoms with Gasteiger partial charge in [0, 0.05) is 25.8 Å². The molecule has 3 rings (SSSR count). The van der Waals surface area contributed by atoms with Crippen LogP contribution in [-0.4, -0.2) is 43.2 Å². The van der Waals surface area contributed by atoms with E-state index in [1.54, 1.807) is 7.05 Å². The van der Waals surface area contributed by atoms with Gasteiger partial charge in [-0.05, 0) is 31.0 Å². The number of ether oxygens (including phenoxy) is 2. The zero-order chi connectivity index (χ0) is 16.6. The molecule has 1 spiro atoms. The number of benzene rings is 1. The molecule has 1 aromatic carbocycles. The summed E-state index contributed by atoms with van der Waals surface area (Å²) in [5.74, 6) is -0.891. The van der Waals surface area contributed by atoms with E-state index >= 15 is 0 Å². The second-order valence-corrected chi connectivity index (χ2v) is 5.72. The van der Waals surface area contributed by atoms with E-state index in [-0.39, 0.29) is 17.2 Å². The first-order chi connectivity index (χ1) is 10.9. The summed E-state index contributed by atoms with van der Waals surface area (Å²) in [6.45, 7) is -2.16. The Hall–Kier alpha value is -1.80. The van der Waals surface area contributed by atoms with Gasteiger partial charge in [0.25, 0.3) is 0 Å². The number of alkyl halides is 2. The van der Waals surface area contributed by atoms with Crippen LogP contribution in [0, 0.1) is 5.82 Å². The van der Waals surface area contributed by atoms with Gasteiger partial charge in [0.05, 0.1) is 0 Å². The highest BCUT2D eigenvalue weighted by Crippen LogP contribution is 2.39. The Morgan fingerprint density at radius 1 is 1.39 bits per heavy atom. The monoisotopic (exact) mass is 330 g/mol. The average molecular weight is 330 g/mol. The van der Waals surface area contributed by atoms with Crippen molar-refractivity contribution in [2.45, 2.75) is 31.2 Å². The highest BCUT2D eigenvalue weighted by atomic mass is 19.3. The summed E-state index contributed by atoms with van der Waals surface area (Å²) in [5.41, 5.74) is -0.629. The van der Waals surface area contributed by atoms with Crippen LogP contribution in [0.2, 0.25) is 0 Å². The number of carbonyl (C=O) groups is 1. The quantitative estimate of drug-likeness (QED) is 0.921. The average Bonchev–Trinajstić information content (AvgIpc) is 2.75. The number of hydrogen-bond acceptors (Lipinski definition) is 4. The third kappa shape index (κ3) is 2.88. The minimum Gasteiger partial charge on any atom is -0.434 e. The molecule has 0 radical (unpaired) electrons. The number of likely N-dealkylation sites (N-methyl/N-ethyl adjacent to an activating group) is 1. The molecule has 1 amide bonds. The summed E-state index contributed by atoms with van der Waals surface area (Å²) in [7, 11) is 1.56. The van der Waals surface area contributed by atoms with Crippen molar-refractivity contribution in [3.63, 3.8) is 0 Å². The summed E-state index contributed by atoms with van der Waals surface area (Å²) in [6, 6.07) is 3.30. The molecule has 0 aliphatic carbocycles. The molecule has 1 N–H and O–H groups in total. The van der Waals surface area contributed by atoms with E-state index < -0.39 is 24.1 Å². The first kappa shape index (κ1) is 16.1. The number of nitrogens with one attached hydrogen (secondary N) is 1. The molecule has 2 aliphatic heterocycles. The van der Waals surface area contributed by atoms with Gasteiger partial charge in [-0.1, -0.05) is 0 Å². The Morgan fingerprint density at radius 2 is 2.09 bits per heavy atom. The lowest BCUT2D eigenvalue weighted by molar-refractivity contribution is -0.135. The van der Waals surface area contributed by atoms with Crippen molar-refractivity contribution >= 4 is 5.91 Å². The maximum Gasteiger partial charge on any atom is 0.387 e. The van der Waals surface area contributed by atoms with Gasteiger partial charge in [0.1, 0.15) is 23.3 Å². The molecule has 8 heteroatoms. The third-order valence-electron chi connectivity index (χ3n) is 4.36. The predicted molar refractivity (Wildman–Crippen MR) is 74.5 cm³/mol. The molecule has 0 saturated carbocycles. The summed E-state index contributed by atoms with van der Waals surface area (Å²) in [4.78, 5) is 14.0. The standard InChI is InChI=1S/C15H17F3N2O3/c1-20-12(19-15(13(20)21)4-6-22-7-5-15)10-8-9(16)2-3-11(10)23-14(17)18/h2-3,8,12,14,19H,4-7H2,1H3. The van der Waals surface area contributed by atoms with E-state index in [1.165, 1.54) is 4.90 Å². The van der Waals surface area contributed by atoms with Gasteiger partial charge in [-0.3, -0.25) is 10.1 Å². The molecule has 1 unspecified atom stereocenters. The molecule has 1 aromatic rings. The number of amides is 1. The molecule has 2 aliphatic rings. The number of nitrogens with zero attached hydrogens (tertiary/aromatic N) is 1. The predicted octanol–water partition coefficient (Wildman–Crippen LogP) is 2.04. The van der Waals surface area contributed by atoms with E-state index in [4.69, 9.17) is 4.74 Å². The van der Waals surface area contributed by atoms with Crippen molar-refractivity contribution in [2.24, 2.45) is 0 Å². The number of halogens is 3. The van der Waals surface area contributed by atoms with E-state index in [0.29, 0.717) is 26.1 Å². The maximum atomic E-state index is 13.6. The molecule has 2 heterocycles. The first-order valence-electron chi connectivity index (χ1n) is 7.30. The molecule has 0 bridgehead atoms. The van der Waals surface area contributed by atoms with Gasteiger partial charge < -0.3 is 14.4 Å². The van der Waals surface area contributed by atoms with E-state index in [1.807, 2.05) is 0 Å². The fourth-order valence-electron chi connectivity index (χ4n) is 3.18. The molecule has 126 valence electrons. The van der Waals surface area contributed by atoms with Crippen molar-refractivity contribution in [2.75, 3.05) is 20.3 Å².